The molecule has 0 aliphatic heterocycles. The Morgan fingerprint density at radius 2 is 1.53 bits per heavy atom. The van der Waals surface area contributed by atoms with Gasteiger partial charge in [0.2, 0.25) is 10.0 Å². The van der Waals surface area contributed by atoms with E-state index in [9.17, 15) is 8.42 Å². The SMILES string of the molecule is CC(C)=CCN(C(C)C#CC(=Nc1ccccc1)c1ccccc1)S(=O)(=O)c1ccc(C)cc1. The van der Waals surface area contributed by atoms with Crippen LogP contribution in [0.15, 0.2) is 106 Å². The van der Waals surface area contributed by atoms with E-state index in [4.69, 9.17) is 4.99 Å². The molecule has 3 rings (SSSR count). The highest BCUT2D eigenvalue weighted by Gasteiger charge is 2.27. The van der Waals surface area contributed by atoms with Crippen molar-refractivity contribution in [2.24, 2.45) is 4.99 Å². The van der Waals surface area contributed by atoms with Crippen LogP contribution in [0.1, 0.15) is 31.9 Å². The van der Waals surface area contributed by atoms with Crippen molar-refractivity contribution in [3.8, 4) is 11.8 Å². The van der Waals surface area contributed by atoms with Crippen molar-refractivity contribution >= 4 is 21.4 Å². The molecule has 0 amide bonds. The molecule has 1 atom stereocenters. The lowest BCUT2D eigenvalue weighted by Crippen LogP contribution is -2.38. The Labute approximate surface area is 203 Å². The zero-order chi connectivity index (χ0) is 24.6. The average molecular weight is 471 g/mol. The minimum Gasteiger partial charge on any atom is -0.239 e. The smallest absolute Gasteiger partial charge is 0.239 e. The van der Waals surface area contributed by atoms with Gasteiger partial charge in [0, 0.05) is 12.1 Å². The van der Waals surface area contributed by atoms with Crippen molar-refractivity contribution in [3.63, 3.8) is 0 Å². The molecule has 1 unspecified atom stereocenters. The molecule has 0 radical (unpaired) electrons. The second kappa shape index (κ2) is 11.6. The van der Waals surface area contributed by atoms with Crippen molar-refractivity contribution in [1.29, 1.82) is 0 Å². The van der Waals surface area contributed by atoms with Crippen LogP contribution in [0.3, 0.4) is 0 Å². The summed E-state index contributed by atoms with van der Waals surface area (Å²) in [7, 11) is -3.74. The first-order chi connectivity index (χ1) is 16.3. The van der Waals surface area contributed by atoms with Gasteiger partial charge in [-0.1, -0.05) is 83.8 Å². The molecule has 0 spiro atoms. The molecule has 0 saturated carbocycles. The lowest BCUT2D eigenvalue weighted by molar-refractivity contribution is 0.415. The number of benzene rings is 3. The molecule has 0 saturated heterocycles. The van der Waals surface area contributed by atoms with Crippen LogP contribution in [0.4, 0.5) is 5.69 Å². The average Bonchev–Trinajstić information content (AvgIpc) is 2.83. The number of para-hydroxylation sites is 1. The lowest BCUT2D eigenvalue weighted by atomic mass is 10.1. The minimum absolute atomic E-state index is 0.241. The largest absolute Gasteiger partial charge is 0.244 e. The van der Waals surface area contributed by atoms with Crippen LogP contribution in [0.25, 0.3) is 0 Å². The first-order valence-corrected chi connectivity index (χ1v) is 12.6. The van der Waals surface area contributed by atoms with E-state index in [2.05, 4.69) is 11.8 Å². The fourth-order valence-corrected chi connectivity index (χ4v) is 4.71. The van der Waals surface area contributed by atoms with Gasteiger partial charge in [-0.05, 0) is 57.9 Å². The summed E-state index contributed by atoms with van der Waals surface area (Å²) >= 11 is 0. The highest BCUT2D eigenvalue weighted by Crippen LogP contribution is 2.19. The predicted octanol–water partition coefficient (Wildman–Crippen LogP) is 6.16. The molecule has 3 aromatic carbocycles. The van der Waals surface area contributed by atoms with Gasteiger partial charge < -0.3 is 0 Å². The summed E-state index contributed by atoms with van der Waals surface area (Å²) in [6, 6.07) is 25.7. The van der Waals surface area contributed by atoms with Crippen molar-refractivity contribution in [2.75, 3.05) is 6.54 Å². The van der Waals surface area contributed by atoms with Gasteiger partial charge in [0.25, 0.3) is 0 Å². The van der Waals surface area contributed by atoms with Gasteiger partial charge in [0.1, 0.15) is 5.71 Å². The molecule has 174 valence electrons. The maximum atomic E-state index is 13.5. The van der Waals surface area contributed by atoms with E-state index in [1.807, 2.05) is 107 Å². The van der Waals surface area contributed by atoms with Crippen molar-refractivity contribution < 1.29 is 8.42 Å². The normalized spacial score (nSPS) is 12.6. The van der Waals surface area contributed by atoms with Crippen LogP contribution < -0.4 is 0 Å². The molecule has 0 heterocycles. The van der Waals surface area contributed by atoms with Gasteiger partial charge in [-0.2, -0.15) is 4.31 Å². The number of aliphatic imine (C=N–C) groups is 1. The summed E-state index contributed by atoms with van der Waals surface area (Å²) in [6.07, 6.45) is 1.90. The van der Waals surface area contributed by atoms with E-state index in [1.54, 1.807) is 12.1 Å². The standard InChI is InChI=1S/C29H30N2O2S/c1-23(2)21-22-31(34(32,33)28-18-15-24(3)16-19-28)25(4)17-20-29(26-11-7-5-8-12-26)30-27-13-9-6-10-14-27/h5-16,18-19,21,25H,22H2,1-4H3. The maximum Gasteiger partial charge on any atom is 0.244 e. The molecule has 3 aromatic rings. The molecule has 0 aromatic heterocycles. The van der Waals surface area contributed by atoms with Crippen LogP contribution in [0.2, 0.25) is 0 Å². The summed E-state index contributed by atoms with van der Waals surface area (Å²) in [5.41, 5.74) is 4.31. The molecule has 34 heavy (non-hydrogen) atoms. The van der Waals surface area contributed by atoms with Crippen LogP contribution in [0, 0.1) is 18.8 Å². The molecule has 0 fully saturated rings. The lowest BCUT2D eigenvalue weighted by Gasteiger charge is -2.24. The second-order valence-electron chi connectivity index (χ2n) is 8.28. The van der Waals surface area contributed by atoms with Crippen LogP contribution in [0.5, 0.6) is 0 Å². The molecular weight excluding hydrogens is 440 g/mol. The third-order valence-electron chi connectivity index (χ3n) is 5.18. The van der Waals surface area contributed by atoms with Gasteiger partial charge >= 0.3 is 0 Å². The van der Waals surface area contributed by atoms with Crippen molar-refractivity contribution in [1.82, 2.24) is 4.31 Å². The minimum atomic E-state index is -3.74. The van der Waals surface area contributed by atoms with Crippen LogP contribution in [-0.2, 0) is 10.0 Å². The van der Waals surface area contributed by atoms with Gasteiger partial charge in [-0.15, -0.1) is 0 Å². The Kier molecular flexibility index (Phi) is 8.59. The first-order valence-electron chi connectivity index (χ1n) is 11.2. The van der Waals surface area contributed by atoms with Gasteiger partial charge in [0.15, 0.2) is 0 Å². The fourth-order valence-electron chi connectivity index (χ4n) is 3.22. The summed E-state index contributed by atoms with van der Waals surface area (Å²) in [4.78, 5) is 4.99. The highest BCUT2D eigenvalue weighted by atomic mass is 32.2. The Hall–Kier alpha value is -3.46. The Bertz CT molecular complexity index is 1310. The number of rotatable bonds is 7. The third kappa shape index (κ3) is 6.77. The highest BCUT2D eigenvalue weighted by molar-refractivity contribution is 7.89. The molecular formula is C29H30N2O2S. The van der Waals surface area contributed by atoms with Crippen LogP contribution >= 0.6 is 0 Å². The van der Waals surface area contributed by atoms with E-state index in [0.29, 0.717) is 5.71 Å². The Balaban J connectivity index is 2.02. The fraction of sp³-hybridized carbons (Fsp3) is 0.207. The molecule has 0 N–H and O–H groups in total. The molecule has 0 aliphatic carbocycles. The summed E-state index contributed by atoms with van der Waals surface area (Å²) in [5, 5.41) is 0. The monoisotopic (exact) mass is 470 g/mol. The van der Waals surface area contributed by atoms with E-state index in [0.717, 1.165) is 22.4 Å². The van der Waals surface area contributed by atoms with Crippen molar-refractivity contribution in [2.45, 2.75) is 38.6 Å². The number of hydrogen-bond acceptors (Lipinski definition) is 3. The van der Waals surface area contributed by atoms with Crippen molar-refractivity contribution in [3.05, 3.63) is 108 Å². The number of sulfonamides is 1. The van der Waals surface area contributed by atoms with Gasteiger partial charge in [0.05, 0.1) is 16.6 Å². The molecule has 5 heteroatoms. The first kappa shape index (κ1) is 25.2. The summed E-state index contributed by atoms with van der Waals surface area (Å²) in [6.45, 7) is 7.89. The Morgan fingerprint density at radius 1 is 0.941 bits per heavy atom. The third-order valence-corrected chi connectivity index (χ3v) is 7.13. The zero-order valence-corrected chi connectivity index (χ0v) is 20.9. The van der Waals surface area contributed by atoms with Crippen LogP contribution in [-0.4, -0.2) is 31.0 Å². The molecule has 0 aliphatic rings. The second-order valence-corrected chi connectivity index (χ2v) is 10.2. The number of nitrogens with zero attached hydrogens (tertiary/aromatic N) is 2. The maximum absolute atomic E-state index is 13.5. The van der Waals surface area contributed by atoms with E-state index in [1.165, 1.54) is 4.31 Å². The number of aryl methyl sites for hydroxylation is 1. The molecule has 0 bridgehead atoms. The summed E-state index contributed by atoms with van der Waals surface area (Å²) < 4.78 is 28.4. The summed E-state index contributed by atoms with van der Waals surface area (Å²) in [5.74, 6) is 6.31. The predicted molar refractivity (Wildman–Crippen MR) is 141 cm³/mol. The van der Waals surface area contributed by atoms with E-state index >= 15 is 0 Å². The Morgan fingerprint density at radius 3 is 2.12 bits per heavy atom. The topological polar surface area (TPSA) is 49.7 Å². The van der Waals surface area contributed by atoms with Gasteiger partial charge in [-0.3, -0.25) is 0 Å². The van der Waals surface area contributed by atoms with E-state index < -0.39 is 16.1 Å². The number of allylic oxidation sites excluding steroid dienone is 1. The zero-order valence-electron chi connectivity index (χ0n) is 20.1. The van der Waals surface area contributed by atoms with E-state index in [-0.39, 0.29) is 11.4 Å². The number of hydrogen-bond donors (Lipinski definition) is 0. The molecule has 4 nitrogen and oxygen atoms in total. The quantitative estimate of drug-likeness (QED) is 0.236. The van der Waals surface area contributed by atoms with Gasteiger partial charge in [-0.25, -0.2) is 13.4 Å².